The predicted octanol–water partition coefficient (Wildman–Crippen LogP) is 2.16. The van der Waals surface area contributed by atoms with Crippen molar-refractivity contribution < 1.29 is 4.92 Å². The largest absolute Gasteiger partial charge is 0.380 e. The van der Waals surface area contributed by atoms with Crippen molar-refractivity contribution in [3.8, 4) is 0 Å². The van der Waals surface area contributed by atoms with Crippen LogP contribution in [0.5, 0.6) is 0 Å². The molecule has 1 atom stereocenters. The predicted molar refractivity (Wildman–Crippen MR) is 84.6 cm³/mol. The second-order valence-electron chi connectivity index (χ2n) is 5.78. The van der Waals surface area contributed by atoms with Crippen LogP contribution in [0, 0.1) is 10.1 Å². The van der Waals surface area contributed by atoms with Gasteiger partial charge in [0.2, 0.25) is 0 Å². The van der Waals surface area contributed by atoms with E-state index in [0.717, 1.165) is 25.2 Å². The molecule has 21 heavy (non-hydrogen) atoms. The van der Waals surface area contributed by atoms with Gasteiger partial charge in [-0.05, 0) is 39.1 Å². The molecule has 0 amide bonds. The molecule has 1 fully saturated rings. The minimum atomic E-state index is -0.334. The number of nitrogens with one attached hydrogen (secondary N) is 1. The molecular formula is C15H24N4O2. The third-order valence-electron chi connectivity index (χ3n) is 4.01. The molecule has 2 rings (SSSR count). The number of likely N-dealkylation sites (N-methyl/N-ethyl adjacent to an activating group) is 1. The molecule has 1 saturated heterocycles. The third-order valence-corrected chi connectivity index (χ3v) is 4.01. The third kappa shape index (κ3) is 3.92. The molecule has 1 aliphatic heterocycles. The lowest BCUT2D eigenvalue weighted by Gasteiger charge is -2.20. The van der Waals surface area contributed by atoms with Gasteiger partial charge in [-0.25, -0.2) is 0 Å². The molecule has 116 valence electrons. The van der Waals surface area contributed by atoms with E-state index in [0.29, 0.717) is 18.3 Å². The molecule has 1 heterocycles. The van der Waals surface area contributed by atoms with Crippen LogP contribution in [0.15, 0.2) is 18.2 Å². The van der Waals surface area contributed by atoms with E-state index in [-0.39, 0.29) is 10.6 Å². The highest BCUT2D eigenvalue weighted by atomic mass is 16.6. The van der Waals surface area contributed by atoms with E-state index in [2.05, 4.69) is 29.2 Å². The molecule has 6 nitrogen and oxygen atoms in total. The summed E-state index contributed by atoms with van der Waals surface area (Å²) in [5.74, 6) is 0. The molecule has 1 N–H and O–H groups in total. The van der Waals surface area contributed by atoms with E-state index in [1.807, 2.05) is 19.1 Å². The lowest BCUT2D eigenvalue weighted by molar-refractivity contribution is -0.384. The first-order valence-electron chi connectivity index (χ1n) is 7.41. The molecule has 0 bridgehead atoms. The zero-order chi connectivity index (χ0) is 15.4. The summed E-state index contributed by atoms with van der Waals surface area (Å²) in [5, 5.41) is 14.1. The van der Waals surface area contributed by atoms with Crippen LogP contribution in [0.25, 0.3) is 0 Å². The Balaban J connectivity index is 2.07. The highest BCUT2D eigenvalue weighted by molar-refractivity contribution is 5.62. The molecule has 6 heteroatoms. The Hall–Kier alpha value is -1.66. The number of anilines is 1. The summed E-state index contributed by atoms with van der Waals surface area (Å²) >= 11 is 0. The Kier molecular flexibility index (Phi) is 5.14. The number of rotatable bonds is 6. The molecule has 0 radical (unpaired) electrons. The number of benzene rings is 1. The highest BCUT2D eigenvalue weighted by Crippen LogP contribution is 2.26. The summed E-state index contributed by atoms with van der Waals surface area (Å²) in [6.07, 6.45) is 1.18. The zero-order valence-corrected chi connectivity index (χ0v) is 13.0. The number of nitrogens with zero attached hydrogens (tertiary/aromatic N) is 3. The molecule has 1 aromatic carbocycles. The van der Waals surface area contributed by atoms with Crippen molar-refractivity contribution in [1.82, 2.24) is 9.80 Å². The fourth-order valence-corrected chi connectivity index (χ4v) is 2.81. The number of likely N-dealkylation sites (tertiary alicyclic amines) is 1. The molecule has 1 aliphatic rings. The quantitative estimate of drug-likeness (QED) is 0.643. The summed E-state index contributed by atoms with van der Waals surface area (Å²) in [6, 6.07) is 5.98. The summed E-state index contributed by atoms with van der Waals surface area (Å²) in [6.45, 7) is 5.60. The van der Waals surface area contributed by atoms with Crippen LogP contribution in [0.2, 0.25) is 0 Å². The van der Waals surface area contributed by atoms with Crippen molar-refractivity contribution in [2.75, 3.05) is 39.0 Å². The first-order valence-corrected chi connectivity index (χ1v) is 7.41. The van der Waals surface area contributed by atoms with Crippen molar-refractivity contribution in [2.45, 2.75) is 25.9 Å². The van der Waals surface area contributed by atoms with Crippen LogP contribution in [0.1, 0.15) is 18.9 Å². The van der Waals surface area contributed by atoms with Crippen molar-refractivity contribution in [3.63, 3.8) is 0 Å². The fourth-order valence-electron chi connectivity index (χ4n) is 2.81. The van der Waals surface area contributed by atoms with Gasteiger partial charge >= 0.3 is 0 Å². The Labute approximate surface area is 125 Å². The van der Waals surface area contributed by atoms with Crippen molar-refractivity contribution in [2.24, 2.45) is 0 Å². The molecular weight excluding hydrogens is 268 g/mol. The molecule has 0 aliphatic carbocycles. The number of hydrogen-bond acceptors (Lipinski definition) is 5. The Bertz CT molecular complexity index is 504. The van der Waals surface area contributed by atoms with Crippen molar-refractivity contribution in [3.05, 3.63) is 33.9 Å². The number of hydrogen-bond donors (Lipinski definition) is 1. The first-order chi connectivity index (χ1) is 10.0. The van der Waals surface area contributed by atoms with Gasteiger partial charge in [-0.3, -0.25) is 15.0 Å². The highest BCUT2D eigenvalue weighted by Gasteiger charge is 2.24. The van der Waals surface area contributed by atoms with Crippen LogP contribution in [-0.4, -0.2) is 54.5 Å². The van der Waals surface area contributed by atoms with E-state index in [1.54, 1.807) is 6.07 Å². The average Bonchev–Trinajstić information content (AvgIpc) is 2.88. The van der Waals surface area contributed by atoms with E-state index >= 15 is 0 Å². The van der Waals surface area contributed by atoms with Crippen LogP contribution < -0.4 is 5.32 Å². The SMILES string of the molecule is CCNc1cc(CN2CCC(N(C)C)C2)ccc1[N+](=O)[O-]. The number of nitro groups is 1. The molecule has 0 saturated carbocycles. The van der Waals surface area contributed by atoms with E-state index < -0.39 is 0 Å². The van der Waals surface area contributed by atoms with E-state index in [1.165, 1.54) is 6.42 Å². The van der Waals surface area contributed by atoms with Gasteiger partial charge < -0.3 is 10.2 Å². The average molecular weight is 292 g/mol. The lowest BCUT2D eigenvalue weighted by Crippen LogP contribution is -2.31. The number of nitro benzene ring substituents is 1. The second kappa shape index (κ2) is 6.87. The van der Waals surface area contributed by atoms with Crippen LogP contribution in [0.4, 0.5) is 11.4 Å². The van der Waals surface area contributed by atoms with Crippen molar-refractivity contribution >= 4 is 11.4 Å². The summed E-state index contributed by atoms with van der Waals surface area (Å²) in [7, 11) is 4.23. The Morgan fingerprint density at radius 1 is 1.48 bits per heavy atom. The molecule has 0 spiro atoms. The van der Waals surface area contributed by atoms with Crippen LogP contribution in [-0.2, 0) is 6.54 Å². The maximum absolute atomic E-state index is 11.0. The first kappa shape index (κ1) is 15.7. The minimum absolute atomic E-state index is 0.146. The Morgan fingerprint density at radius 3 is 2.81 bits per heavy atom. The second-order valence-corrected chi connectivity index (χ2v) is 5.78. The zero-order valence-electron chi connectivity index (χ0n) is 13.0. The van der Waals surface area contributed by atoms with Gasteiger partial charge in [0.05, 0.1) is 4.92 Å². The smallest absolute Gasteiger partial charge is 0.292 e. The molecule has 0 aromatic heterocycles. The normalized spacial score (nSPS) is 19.1. The summed E-state index contributed by atoms with van der Waals surface area (Å²) in [4.78, 5) is 15.4. The van der Waals surface area contributed by atoms with Crippen LogP contribution >= 0.6 is 0 Å². The molecule has 1 unspecified atom stereocenters. The van der Waals surface area contributed by atoms with E-state index in [9.17, 15) is 10.1 Å². The van der Waals surface area contributed by atoms with Gasteiger partial charge in [-0.1, -0.05) is 6.07 Å². The van der Waals surface area contributed by atoms with Gasteiger partial charge in [0.25, 0.3) is 5.69 Å². The van der Waals surface area contributed by atoms with Gasteiger partial charge in [0.15, 0.2) is 0 Å². The maximum Gasteiger partial charge on any atom is 0.292 e. The molecule has 1 aromatic rings. The van der Waals surface area contributed by atoms with Gasteiger partial charge in [-0.15, -0.1) is 0 Å². The minimum Gasteiger partial charge on any atom is -0.380 e. The van der Waals surface area contributed by atoms with Crippen LogP contribution in [0.3, 0.4) is 0 Å². The Morgan fingerprint density at radius 2 is 2.24 bits per heavy atom. The lowest BCUT2D eigenvalue weighted by atomic mass is 10.1. The standard InChI is InChI=1S/C15H24N4O2/c1-4-16-14-9-12(5-6-15(14)19(20)21)10-18-8-7-13(11-18)17(2)3/h5-6,9,13,16H,4,7-8,10-11H2,1-3H3. The maximum atomic E-state index is 11.0. The monoisotopic (exact) mass is 292 g/mol. The fraction of sp³-hybridized carbons (Fsp3) is 0.600. The van der Waals surface area contributed by atoms with Crippen molar-refractivity contribution in [1.29, 1.82) is 0 Å². The van der Waals surface area contributed by atoms with Gasteiger partial charge in [0.1, 0.15) is 5.69 Å². The summed E-state index contributed by atoms with van der Waals surface area (Å²) in [5.41, 5.74) is 1.88. The van der Waals surface area contributed by atoms with E-state index in [4.69, 9.17) is 0 Å². The summed E-state index contributed by atoms with van der Waals surface area (Å²) < 4.78 is 0. The van der Waals surface area contributed by atoms with Gasteiger partial charge in [-0.2, -0.15) is 0 Å². The topological polar surface area (TPSA) is 61.6 Å². The van der Waals surface area contributed by atoms with Gasteiger partial charge in [0, 0.05) is 38.3 Å².